The van der Waals surface area contributed by atoms with Crippen LogP contribution < -0.4 is 15.4 Å². The normalized spacial score (nSPS) is 15.6. The van der Waals surface area contributed by atoms with E-state index in [-0.39, 0.29) is 0 Å². The molecule has 156 valence electrons. The average molecular weight is 416 g/mol. The SMILES string of the molecule is CCOP(=O)(OCC)C(C)=C1NCCNc2cc(-c3cccc(OC)c3)ccc21. The van der Waals surface area contributed by atoms with Crippen LogP contribution in [0.2, 0.25) is 0 Å². The molecule has 1 aliphatic heterocycles. The van der Waals surface area contributed by atoms with Crippen LogP contribution in [-0.2, 0) is 13.6 Å². The van der Waals surface area contributed by atoms with Crippen molar-refractivity contribution in [3.8, 4) is 16.9 Å². The molecular formula is C22H29N2O4P. The Morgan fingerprint density at radius 1 is 1.00 bits per heavy atom. The molecule has 3 rings (SSSR count). The summed E-state index contributed by atoms with van der Waals surface area (Å²) in [6, 6.07) is 14.2. The second-order valence-corrected chi connectivity index (χ2v) is 8.82. The maximum Gasteiger partial charge on any atom is 0.359 e. The molecule has 1 heterocycles. The van der Waals surface area contributed by atoms with Crippen molar-refractivity contribution in [2.24, 2.45) is 0 Å². The van der Waals surface area contributed by atoms with Gasteiger partial charge in [-0.2, -0.15) is 0 Å². The summed E-state index contributed by atoms with van der Waals surface area (Å²) < 4.78 is 29.8. The van der Waals surface area contributed by atoms with Gasteiger partial charge in [0.25, 0.3) is 0 Å². The van der Waals surface area contributed by atoms with Crippen molar-refractivity contribution >= 4 is 19.0 Å². The predicted octanol–water partition coefficient (Wildman–Crippen LogP) is 5.33. The summed E-state index contributed by atoms with van der Waals surface area (Å²) in [5.41, 5.74) is 4.87. The Bertz CT molecular complexity index is 932. The average Bonchev–Trinajstić information content (AvgIpc) is 2.95. The van der Waals surface area contributed by atoms with Crippen molar-refractivity contribution < 1.29 is 18.3 Å². The van der Waals surface area contributed by atoms with E-state index < -0.39 is 7.60 Å². The number of hydrogen-bond donors (Lipinski definition) is 2. The monoisotopic (exact) mass is 416 g/mol. The number of anilines is 1. The minimum Gasteiger partial charge on any atom is -0.497 e. The summed E-state index contributed by atoms with van der Waals surface area (Å²) in [5, 5.41) is 7.46. The van der Waals surface area contributed by atoms with E-state index in [4.69, 9.17) is 13.8 Å². The fraction of sp³-hybridized carbons (Fsp3) is 0.364. The first-order valence-corrected chi connectivity index (χ1v) is 11.4. The van der Waals surface area contributed by atoms with E-state index in [2.05, 4.69) is 28.8 Å². The highest BCUT2D eigenvalue weighted by Crippen LogP contribution is 2.58. The van der Waals surface area contributed by atoms with Crippen LogP contribution in [0, 0.1) is 0 Å². The van der Waals surface area contributed by atoms with Crippen LogP contribution >= 0.6 is 7.60 Å². The van der Waals surface area contributed by atoms with Crippen molar-refractivity contribution in [3.63, 3.8) is 0 Å². The van der Waals surface area contributed by atoms with Gasteiger partial charge in [-0.1, -0.05) is 24.3 Å². The van der Waals surface area contributed by atoms with Crippen molar-refractivity contribution in [1.82, 2.24) is 5.32 Å². The van der Waals surface area contributed by atoms with Crippen molar-refractivity contribution in [1.29, 1.82) is 0 Å². The van der Waals surface area contributed by atoms with Crippen LogP contribution in [0.1, 0.15) is 26.3 Å². The van der Waals surface area contributed by atoms with Crippen LogP contribution in [0.5, 0.6) is 5.75 Å². The third-order valence-electron chi connectivity index (χ3n) is 4.80. The molecule has 6 nitrogen and oxygen atoms in total. The van der Waals surface area contributed by atoms with Crippen molar-refractivity contribution in [2.45, 2.75) is 20.8 Å². The van der Waals surface area contributed by atoms with Crippen LogP contribution in [0.4, 0.5) is 5.69 Å². The molecule has 0 saturated carbocycles. The third-order valence-corrected chi connectivity index (χ3v) is 7.05. The summed E-state index contributed by atoms with van der Waals surface area (Å²) in [4.78, 5) is 0. The van der Waals surface area contributed by atoms with Crippen LogP contribution in [-0.4, -0.2) is 33.4 Å². The van der Waals surface area contributed by atoms with Gasteiger partial charge in [0.05, 0.1) is 31.3 Å². The summed E-state index contributed by atoms with van der Waals surface area (Å²) in [6.07, 6.45) is 0. The Morgan fingerprint density at radius 2 is 1.69 bits per heavy atom. The molecule has 0 atom stereocenters. The van der Waals surface area contributed by atoms with E-state index in [0.29, 0.717) is 25.1 Å². The molecule has 0 unspecified atom stereocenters. The molecule has 0 bridgehead atoms. The van der Waals surface area contributed by atoms with Gasteiger partial charge in [-0.15, -0.1) is 0 Å². The smallest absolute Gasteiger partial charge is 0.359 e. The number of hydrogen-bond acceptors (Lipinski definition) is 6. The molecule has 0 aromatic heterocycles. The number of ether oxygens (including phenoxy) is 1. The van der Waals surface area contributed by atoms with Gasteiger partial charge in [-0.3, -0.25) is 4.57 Å². The Labute approximate surface area is 172 Å². The van der Waals surface area contributed by atoms with Gasteiger partial charge in [-0.25, -0.2) is 0 Å². The summed E-state index contributed by atoms with van der Waals surface area (Å²) in [6.45, 7) is 7.55. The molecule has 0 spiro atoms. The van der Waals surface area contributed by atoms with Gasteiger partial charge in [-0.05, 0) is 50.1 Å². The number of allylic oxidation sites excluding steroid dienone is 1. The highest BCUT2D eigenvalue weighted by atomic mass is 31.2. The first-order valence-electron chi connectivity index (χ1n) is 9.89. The molecule has 0 fully saturated rings. The maximum atomic E-state index is 13.3. The largest absolute Gasteiger partial charge is 0.497 e. The zero-order valence-electron chi connectivity index (χ0n) is 17.5. The molecule has 29 heavy (non-hydrogen) atoms. The van der Waals surface area contributed by atoms with Gasteiger partial charge >= 0.3 is 7.60 Å². The van der Waals surface area contributed by atoms with E-state index in [9.17, 15) is 4.57 Å². The van der Waals surface area contributed by atoms with Crippen molar-refractivity contribution in [2.75, 3.05) is 38.7 Å². The van der Waals surface area contributed by atoms with Crippen LogP contribution in [0.15, 0.2) is 47.8 Å². The first kappa shape index (κ1) is 21.4. The van der Waals surface area contributed by atoms with E-state index in [1.165, 1.54) is 0 Å². The Kier molecular flexibility index (Phi) is 7.01. The minimum absolute atomic E-state index is 0.321. The number of fused-ring (bicyclic) bond motifs is 1. The Balaban J connectivity index is 2.08. The molecule has 1 aliphatic rings. The number of benzene rings is 2. The molecule has 2 aromatic rings. The second kappa shape index (κ2) is 9.49. The fourth-order valence-corrected chi connectivity index (χ4v) is 5.02. The molecular weight excluding hydrogens is 387 g/mol. The number of nitrogens with one attached hydrogen (secondary N) is 2. The summed E-state index contributed by atoms with van der Waals surface area (Å²) in [7, 11) is -1.70. The van der Waals surface area contributed by atoms with Crippen molar-refractivity contribution in [3.05, 3.63) is 53.3 Å². The topological polar surface area (TPSA) is 68.8 Å². The van der Waals surface area contributed by atoms with Crippen LogP contribution in [0.25, 0.3) is 16.8 Å². The van der Waals surface area contributed by atoms with Gasteiger partial charge < -0.3 is 24.4 Å². The van der Waals surface area contributed by atoms with Gasteiger partial charge in [0.2, 0.25) is 0 Å². The third kappa shape index (κ3) is 4.67. The van der Waals surface area contributed by atoms with Gasteiger partial charge in [0.1, 0.15) is 5.75 Å². The van der Waals surface area contributed by atoms with E-state index in [0.717, 1.165) is 40.4 Å². The quantitative estimate of drug-likeness (QED) is 0.595. The molecule has 2 aromatic carbocycles. The zero-order valence-corrected chi connectivity index (χ0v) is 18.3. The van der Waals surface area contributed by atoms with Crippen LogP contribution in [0.3, 0.4) is 0 Å². The number of rotatable bonds is 7. The molecule has 0 aliphatic carbocycles. The first-order chi connectivity index (χ1) is 14.0. The highest BCUT2D eigenvalue weighted by molar-refractivity contribution is 7.58. The lowest BCUT2D eigenvalue weighted by molar-refractivity contribution is 0.226. The standard InChI is InChI=1S/C22H29N2O4P/c1-5-27-29(25,28-6-2)16(3)22-20-11-10-18(15-21(20)23-12-13-24-22)17-8-7-9-19(14-17)26-4/h7-11,14-15,23-24H,5-6,12-13H2,1-4H3. The predicted molar refractivity (Wildman–Crippen MR) is 118 cm³/mol. The molecule has 7 heteroatoms. The Hall–Kier alpha value is -2.27. The lowest BCUT2D eigenvalue weighted by atomic mass is 10.0. The van der Waals surface area contributed by atoms with E-state index in [1.54, 1.807) is 7.11 Å². The summed E-state index contributed by atoms with van der Waals surface area (Å²) in [5.74, 6) is 0.817. The molecule has 0 amide bonds. The highest BCUT2D eigenvalue weighted by Gasteiger charge is 2.31. The molecule has 0 saturated heterocycles. The fourth-order valence-electron chi connectivity index (χ4n) is 3.40. The van der Waals surface area contributed by atoms with E-state index in [1.807, 2.05) is 45.0 Å². The number of methoxy groups -OCH3 is 1. The van der Waals surface area contributed by atoms with Gasteiger partial charge in [0, 0.05) is 24.3 Å². The lowest BCUT2D eigenvalue weighted by Gasteiger charge is -2.22. The minimum atomic E-state index is -3.36. The zero-order chi connectivity index (χ0) is 20.9. The van der Waals surface area contributed by atoms with E-state index >= 15 is 0 Å². The lowest BCUT2D eigenvalue weighted by Crippen LogP contribution is -2.18. The summed E-state index contributed by atoms with van der Waals surface area (Å²) >= 11 is 0. The van der Waals surface area contributed by atoms with Gasteiger partial charge in [0.15, 0.2) is 0 Å². The molecule has 0 radical (unpaired) electrons. The molecule has 2 N–H and O–H groups in total. The maximum absolute atomic E-state index is 13.3. The Morgan fingerprint density at radius 3 is 2.38 bits per heavy atom. The second-order valence-electron chi connectivity index (χ2n) is 6.64.